The molecule has 0 amide bonds. The molecule has 0 saturated carbocycles. The molecule has 25 heavy (non-hydrogen) atoms. The van der Waals surface area contributed by atoms with E-state index in [0.717, 1.165) is 0 Å². The van der Waals surface area contributed by atoms with Gasteiger partial charge in [0.2, 0.25) is 9.35 Å². The maximum atomic E-state index is 11.7. The molecule has 0 N–H and O–H groups in total. The Morgan fingerprint density at radius 3 is 1.84 bits per heavy atom. The van der Waals surface area contributed by atoms with Gasteiger partial charge in [0.25, 0.3) is 0 Å². The molecule has 0 aliphatic heterocycles. The van der Waals surface area contributed by atoms with E-state index in [-0.39, 0.29) is 27.0 Å². The van der Waals surface area contributed by atoms with Crippen LogP contribution in [-0.2, 0) is 10.1 Å². The highest BCUT2D eigenvalue weighted by molar-refractivity contribution is 7.86. The van der Waals surface area contributed by atoms with Crippen molar-refractivity contribution >= 4 is 15.9 Å². The normalized spacial score (nSPS) is 10.7. The van der Waals surface area contributed by atoms with Crippen LogP contribution in [0.5, 0.6) is 0 Å². The highest BCUT2D eigenvalue weighted by Crippen LogP contribution is 2.20. The van der Waals surface area contributed by atoms with E-state index in [9.17, 15) is 18.0 Å². The molecule has 0 atom stereocenters. The molecule has 0 radical (unpaired) electrons. The molecule has 4 nitrogen and oxygen atoms in total. The first-order chi connectivity index (χ1) is 11.6. The van der Waals surface area contributed by atoms with Gasteiger partial charge < -0.3 is 4.55 Å². The first kappa shape index (κ1) is 21.1. The molecule has 0 aliphatic carbocycles. The maximum absolute atomic E-state index is 11.7. The first-order valence-corrected chi connectivity index (χ1v) is 9.99. The molecule has 9 heteroatoms. The van der Waals surface area contributed by atoms with Gasteiger partial charge in [0.05, 0.1) is 0 Å². The lowest BCUT2D eigenvalue weighted by molar-refractivity contribution is -0.535. The molecule has 2 aromatic carbocycles. The number of hydrogen-bond donors (Lipinski definition) is 0. The quantitative estimate of drug-likeness (QED) is 0.196. The summed E-state index contributed by atoms with van der Waals surface area (Å²) in [4.78, 5) is 11.7. The van der Waals surface area contributed by atoms with Gasteiger partial charge in [-0.1, -0.05) is 48.5 Å². The standard InChI is InChI=1S/C15H10IO.CHF3O3S/c17-15(13-7-3-1-4-8-13)11-12-16-14-9-5-2-6-10-14;2-1(3,4)8(5,6)7/h1-10H;(H,5,6,7)/q+1;/p-1. The third-order valence-corrected chi connectivity index (χ3v) is 4.82. The minimum Gasteiger partial charge on any atom is -0.741 e. The van der Waals surface area contributed by atoms with Gasteiger partial charge in [-0.25, -0.2) is 8.42 Å². The zero-order valence-electron chi connectivity index (χ0n) is 12.3. The Morgan fingerprint density at radius 2 is 1.40 bits per heavy atom. The van der Waals surface area contributed by atoms with Crippen LogP contribution in [0.2, 0.25) is 0 Å². The number of carbonyl (C=O) groups is 1. The Labute approximate surface area is 153 Å². The number of carbonyl (C=O) groups excluding carboxylic acids is 1. The maximum Gasteiger partial charge on any atom is 0.485 e. The van der Waals surface area contributed by atoms with Gasteiger partial charge in [-0.2, -0.15) is 13.2 Å². The van der Waals surface area contributed by atoms with E-state index in [1.54, 1.807) is 12.1 Å². The second-order valence-electron chi connectivity index (χ2n) is 4.20. The highest BCUT2D eigenvalue weighted by Gasteiger charge is 2.36. The van der Waals surface area contributed by atoms with E-state index in [2.05, 4.69) is 22.0 Å². The van der Waals surface area contributed by atoms with Crippen LogP contribution in [0, 0.1) is 13.4 Å². The second-order valence-corrected chi connectivity index (χ2v) is 7.90. The van der Waals surface area contributed by atoms with E-state index in [4.69, 9.17) is 13.0 Å². The van der Waals surface area contributed by atoms with Crippen LogP contribution in [0.25, 0.3) is 0 Å². The first-order valence-electron chi connectivity index (χ1n) is 6.42. The van der Waals surface area contributed by atoms with Crippen molar-refractivity contribution in [3.63, 3.8) is 0 Å². The SMILES string of the molecule is O=C(C#C[I+]c1ccccc1)c1ccccc1.O=S(=O)([O-])C(F)(F)F. The predicted octanol–water partition coefficient (Wildman–Crippen LogP) is -0.160. The summed E-state index contributed by atoms with van der Waals surface area (Å²) >= 11 is -0.381. The zero-order chi connectivity index (χ0) is 18.9. The number of halogens is 4. The Morgan fingerprint density at radius 1 is 0.960 bits per heavy atom. The minimum absolute atomic E-state index is 0.0961. The van der Waals surface area contributed by atoms with Crippen molar-refractivity contribution in [2.45, 2.75) is 5.51 Å². The molecule has 0 aromatic heterocycles. The Hall–Kier alpha value is -1.90. The van der Waals surface area contributed by atoms with Crippen molar-refractivity contribution in [1.82, 2.24) is 0 Å². The number of alkyl halides is 3. The van der Waals surface area contributed by atoms with Crippen molar-refractivity contribution in [3.05, 3.63) is 69.8 Å². The number of benzene rings is 2. The molecule has 0 heterocycles. The smallest absolute Gasteiger partial charge is 0.485 e. The fourth-order valence-electron chi connectivity index (χ4n) is 1.26. The van der Waals surface area contributed by atoms with Crippen LogP contribution in [-0.4, -0.2) is 24.3 Å². The lowest BCUT2D eigenvalue weighted by atomic mass is 10.1. The molecule has 0 spiro atoms. The summed E-state index contributed by atoms with van der Waals surface area (Å²) < 4.78 is 63.1. The average Bonchev–Trinajstić information content (AvgIpc) is 2.55. The van der Waals surface area contributed by atoms with Crippen LogP contribution in [0.15, 0.2) is 60.7 Å². The molecule has 0 fully saturated rings. The van der Waals surface area contributed by atoms with Crippen LogP contribution >= 0.6 is 0 Å². The van der Waals surface area contributed by atoms with Gasteiger partial charge in [0.15, 0.2) is 14.0 Å². The number of rotatable bonds is 2. The van der Waals surface area contributed by atoms with Crippen LogP contribution in [0.3, 0.4) is 0 Å². The lowest BCUT2D eigenvalue weighted by Gasteiger charge is -2.08. The van der Waals surface area contributed by atoms with Crippen molar-refractivity contribution in [2.24, 2.45) is 0 Å². The summed E-state index contributed by atoms with van der Waals surface area (Å²) in [6.45, 7) is 0. The van der Waals surface area contributed by atoms with E-state index in [1.165, 1.54) is 3.57 Å². The van der Waals surface area contributed by atoms with Gasteiger partial charge >= 0.3 is 26.7 Å². The fraction of sp³-hybridized carbons (Fsp3) is 0.0625. The summed E-state index contributed by atoms with van der Waals surface area (Å²) in [6, 6.07) is 19.2. The number of Topliss-reactive ketones (excluding diaryl/α,β-unsaturated/α-hetero) is 1. The van der Waals surface area contributed by atoms with Crippen molar-refractivity contribution in [1.29, 1.82) is 0 Å². The molecule has 0 unspecified atom stereocenters. The third-order valence-electron chi connectivity index (χ3n) is 2.37. The van der Waals surface area contributed by atoms with Crippen molar-refractivity contribution in [2.75, 3.05) is 0 Å². The summed E-state index contributed by atoms with van der Waals surface area (Å²) in [5.41, 5.74) is -4.98. The number of ketones is 1. The Kier molecular flexibility index (Phi) is 8.08. The van der Waals surface area contributed by atoms with Gasteiger partial charge in [0, 0.05) is 11.5 Å². The molecular weight excluding hydrogens is 472 g/mol. The van der Waals surface area contributed by atoms with Crippen molar-refractivity contribution in [3.8, 4) is 9.85 Å². The van der Waals surface area contributed by atoms with Crippen LogP contribution in [0.1, 0.15) is 10.4 Å². The molecular formula is C16H10F3IO4S. The van der Waals surface area contributed by atoms with Crippen molar-refractivity contribution < 1.29 is 52.1 Å². The van der Waals surface area contributed by atoms with E-state index < -0.39 is 15.6 Å². The molecule has 132 valence electrons. The van der Waals surface area contributed by atoms with E-state index in [0.29, 0.717) is 5.56 Å². The molecule has 0 bridgehead atoms. The third kappa shape index (κ3) is 8.15. The average molecular weight is 482 g/mol. The van der Waals surface area contributed by atoms with E-state index >= 15 is 0 Å². The highest BCUT2D eigenvalue weighted by atomic mass is 127. The topological polar surface area (TPSA) is 74.3 Å². The van der Waals surface area contributed by atoms with Gasteiger partial charge in [-0.05, 0) is 12.1 Å². The summed E-state index contributed by atoms with van der Waals surface area (Å²) in [5.74, 6) is 2.61. The lowest BCUT2D eigenvalue weighted by Crippen LogP contribution is -3.59. The molecule has 2 rings (SSSR count). The summed E-state index contributed by atoms with van der Waals surface area (Å²) in [5, 5.41) is 0. The monoisotopic (exact) mass is 482 g/mol. The summed E-state index contributed by atoms with van der Waals surface area (Å²) in [7, 11) is -6.09. The Bertz CT molecular complexity index is 855. The second kappa shape index (κ2) is 9.55. The predicted molar refractivity (Wildman–Crippen MR) is 79.4 cm³/mol. The minimum atomic E-state index is -6.09. The molecule has 2 aromatic rings. The fourth-order valence-corrected chi connectivity index (χ4v) is 2.73. The van der Waals surface area contributed by atoms with Crippen LogP contribution in [0.4, 0.5) is 13.2 Å². The molecule has 0 saturated heterocycles. The van der Waals surface area contributed by atoms with Gasteiger partial charge in [-0.15, -0.1) is 0 Å². The largest absolute Gasteiger partial charge is 0.741 e. The number of hydrogen-bond acceptors (Lipinski definition) is 4. The van der Waals surface area contributed by atoms with Gasteiger partial charge in [0.1, 0.15) is 0 Å². The summed E-state index contributed by atoms with van der Waals surface area (Å²) in [6.07, 6.45) is 0. The molecule has 0 aliphatic rings. The van der Waals surface area contributed by atoms with E-state index in [1.807, 2.05) is 36.4 Å². The van der Waals surface area contributed by atoms with Gasteiger partial charge in [-0.3, -0.25) is 4.79 Å². The zero-order valence-corrected chi connectivity index (χ0v) is 15.3. The Balaban J connectivity index is 0.000000333. The van der Waals surface area contributed by atoms with Crippen LogP contribution < -0.4 is 21.2 Å².